The van der Waals surface area contributed by atoms with Crippen LogP contribution in [0.1, 0.15) is 62.0 Å². The predicted molar refractivity (Wildman–Crippen MR) is 94.0 cm³/mol. The Hall–Kier alpha value is -1.65. The van der Waals surface area contributed by atoms with Crippen molar-refractivity contribution in [3.8, 4) is 0 Å². The quantitative estimate of drug-likeness (QED) is 0.927. The maximum atomic E-state index is 12.6. The lowest BCUT2D eigenvalue weighted by molar-refractivity contribution is -0.134. The van der Waals surface area contributed by atoms with Crippen LogP contribution in [0.4, 0.5) is 5.82 Å². The van der Waals surface area contributed by atoms with Gasteiger partial charge in [0.25, 0.3) is 0 Å². The normalized spacial score (nSPS) is 24.2. The lowest BCUT2D eigenvalue weighted by Crippen LogP contribution is -2.35. The van der Waals surface area contributed by atoms with Gasteiger partial charge in [-0.05, 0) is 51.9 Å². The van der Waals surface area contributed by atoms with Crippen LogP contribution in [0.2, 0.25) is 0 Å². The second-order valence-corrected chi connectivity index (χ2v) is 7.65. The summed E-state index contributed by atoms with van der Waals surface area (Å²) >= 11 is 0. The minimum atomic E-state index is 0.290. The predicted octanol–water partition coefficient (Wildman–Crippen LogP) is 2.87. The van der Waals surface area contributed by atoms with Gasteiger partial charge in [-0.3, -0.25) is 4.79 Å². The Balaban J connectivity index is 1.43. The zero-order chi connectivity index (χ0) is 16.5. The van der Waals surface area contributed by atoms with Crippen molar-refractivity contribution in [1.82, 2.24) is 14.9 Å². The van der Waals surface area contributed by atoms with E-state index < -0.39 is 0 Å². The summed E-state index contributed by atoms with van der Waals surface area (Å²) in [5.74, 6) is 2.56. The molecule has 2 fully saturated rings. The Kier molecular flexibility index (Phi) is 4.42. The second kappa shape index (κ2) is 6.69. The Labute approximate surface area is 144 Å². The first-order valence-corrected chi connectivity index (χ1v) is 9.62. The van der Waals surface area contributed by atoms with Crippen LogP contribution in [0, 0.1) is 12.8 Å². The zero-order valence-corrected chi connectivity index (χ0v) is 14.7. The van der Waals surface area contributed by atoms with E-state index in [1.165, 1.54) is 36.9 Å². The molecule has 0 bridgehead atoms. The highest BCUT2D eigenvalue weighted by atomic mass is 16.2. The van der Waals surface area contributed by atoms with E-state index in [-0.39, 0.29) is 5.92 Å². The van der Waals surface area contributed by atoms with E-state index in [1.807, 2.05) is 6.92 Å². The van der Waals surface area contributed by atoms with Crippen molar-refractivity contribution in [2.75, 3.05) is 18.4 Å². The fourth-order valence-corrected chi connectivity index (χ4v) is 4.54. The van der Waals surface area contributed by atoms with Gasteiger partial charge in [0.05, 0.1) is 0 Å². The number of aryl methyl sites for hydroxylation is 2. The smallest absolute Gasteiger partial charge is 0.225 e. The van der Waals surface area contributed by atoms with E-state index in [0.29, 0.717) is 11.9 Å². The SMILES string of the molecule is Cc1nc2c(c(NC3CCN(C(=O)C4CCCC4)C3)n1)CCCC2. The average molecular weight is 328 g/mol. The molecule has 1 saturated heterocycles. The summed E-state index contributed by atoms with van der Waals surface area (Å²) in [6.45, 7) is 3.69. The summed E-state index contributed by atoms with van der Waals surface area (Å²) in [5.41, 5.74) is 2.54. The molecule has 4 rings (SSSR count). The molecule has 1 atom stereocenters. The van der Waals surface area contributed by atoms with Crippen LogP contribution in [-0.2, 0) is 17.6 Å². The first-order valence-electron chi connectivity index (χ1n) is 9.62. The van der Waals surface area contributed by atoms with Crippen molar-refractivity contribution in [1.29, 1.82) is 0 Å². The number of anilines is 1. The number of amides is 1. The van der Waals surface area contributed by atoms with Gasteiger partial charge in [0.15, 0.2) is 0 Å². The number of likely N-dealkylation sites (tertiary alicyclic amines) is 1. The Morgan fingerprint density at radius 1 is 1.08 bits per heavy atom. The second-order valence-electron chi connectivity index (χ2n) is 7.65. The molecule has 0 radical (unpaired) electrons. The molecule has 1 amide bonds. The minimum Gasteiger partial charge on any atom is -0.365 e. The summed E-state index contributed by atoms with van der Waals surface area (Å²) in [6, 6.07) is 0.329. The third kappa shape index (κ3) is 3.13. The summed E-state index contributed by atoms with van der Waals surface area (Å²) < 4.78 is 0. The molecule has 1 N–H and O–H groups in total. The van der Waals surface area contributed by atoms with E-state index in [9.17, 15) is 4.79 Å². The molecular weight excluding hydrogens is 300 g/mol. The van der Waals surface area contributed by atoms with Crippen LogP contribution in [0.5, 0.6) is 0 Å². The fourth-order valence-electron chi connectivity index (χ4n) is 4.54. The third-order valence-electron chi connectivity index (χ3n) is 5.84. The van der Waals surface area contributed by atoms with Gasteiger partial charge in [-0.25, -0.2) is 9.97 Å². The minimum absolute atomic E-state index is 0.290. The van der Waals surface area contributed by atoms with Crippen LogP contribution < -0.4 is 5.32 Å². The maximum absolute atomic E-state index is 12.6. The van der Waals surface area contributed by atoms with Gasteiger partial charge in [0, 0.05) is 36.3 Å². The molecule has 1 saturated carbocycles. The number of carbonyl (C=O) groups is 1. The molecule has 5 nitrogen and oxygen atoms in total. The van der Waals surface area contributed by atoms with Crippen LogP contribution in [-0.4, -0.2) is 39.9 Å². The molecule has 2 aliphatic carbocycles. The summed E-state index contributed by atoms with van der Waals surface area (Å²) in [7, 11) is 0. The summed E-state index contributed by atoms with van der Waals surface area (Å²) in [4.78, 5) is 24.0. The number of carbonyl (C=O) groups excluding carboxylic acids is 1. The van der Waals surface area contributed by atoms with Crippen LogP contribution in [0.25, 0.3) is 0 Å². The van der Waals surface area contributed by atoms with E-state index >= 15 is 0 Å². The summed E-state index contributed by atoms with van der Waals surface area (Å²) in [5, 5.41) is 3.64. The largest absolute Gasteiger partial charge is 0.365 e. The molecule has 5 heteroatoms. The topological polar surface area (TPSA) is 58.1 Å². The van der Waals surface area contributed by atoms with Crippen molar-refractivity contribution in [3.63, 3.8) is 0 Å². The van der Waals surface area contributed by atoms with Gasteiger partial charge >= 0.3 is 0 Å². The van der Waals surface area contributed by atoms with Gasteiger partial charge in [0.2, 0.25) is 5.91 Å². The first kappa shape index (κ1) is 15.9. The number of aromatic nitrogens is 2. The number of hydrogen-bond donors (Lipinski definition) is 1. The Morgan fingerprint density at radius 3 is 2.71 bits per heavy atom. The lowest BCUT2D eigenvalue weighted by Gasteiger charge is -2.23. The van der Waals surface area contributed by atoms with Gasteiger partial charge in [-0.2, -0.15) is 0 Å². The average Bonchev–Trinajstić information content (AvgIpc) is 3.26. The number of fused-ring (bicyclic) bond motifs is 1. The van der Waals surface area contributed by atoms with Gasteiger partial charge in [-0.15, -0.1) is 0 Å². The fraction of sp³-hybridized carbons (Fsp3) is 0.737. The molecular formula is C19H28N4O. The number of nitrogens with one attached hydrogen (secondary N) is 1. The maximum Gasteiger partial charge on any atom is 0.225 e. The number of nitrogens with zero attached hydrogens (tertiary/aromatic N) is 3. The third-order valence-corrected chi connectivity index (χ3v) is 5.84. The van der Waals surface area contributed by atoms with Crippen LogP contribution >= 0.6 is 0 Å². The molecule has 1 aliphatic heterocycles. The van der Waals surface area contributed by atoms with Crippen molar-refractivity contribution < 1.29 is 4.79 Å². The van der Waals surface area contributed by atoms with E-state index in [0.717, 1.165) is 56.8 Å². The molecule has 1 aromatic heterocycles. The molecule has 0 aromatic carbocycles. The molecule has 3 aliphatic rings. The van der Waals surface area contributed by atoms with E-state index in [1.54, 1.807) is 0 Å². The standard InChI is InChI=1S/C19H28N4O/c1-13-20-17-9-5-4-8-16(17)18(21-13)22-15-10-11-23(12-15)19(24)14-6-2-3-7-14/h14-15H,2-12H2,1H3,(H,20,21,22). The van der Waals surface area contributed by atoms with Crippen LogP contribution in [0.15, 0.2) is 0 Å². The van der Waals surface area contributed by atoms with Gasteiger partial charge in [-0.1, -0.05) is 12.8 Å². The van der Waals surface area contributed by atoms with Gasteiger partial charge in [0.1, 0.15) is 11.6 Å². The summed E-state index contributed by atoms with van der Waals surface area (Å²) in [6.07, 6.45) is 10.3. The molecule has 1 unspecified atom stereocenters. The lowest BCUT2D eigenvalue weighted by atomic mass is 9.96. The molecule has 130 valence electrons. The zero-order valence-electron chi connectivity index (χ0n) is 14.7. The highest BCUT2D eigenvalue weighted by Gasteiger charge is 2.32. The van der Waals surface area contributed by atoms with Crippen molar-refractivity contribution in [3.05, 3.63) is 17.1 Å². The highest BCUT2D eigenvalue weighted by Crippen LogP contribution is 2.30. The molecule has 0 spiro atoms. The first-order chi connectivity index (χ1) is 11.7. The van der Waals surface area contributed by atoms with Crippen molar-refractivity contribution >= 4 is 11.7 Å². The highest BCUT2D eigenvalue weighted by molar-refractivity contribution is 5.79. The Bertz CT molecular complexity index is 624. The van der Waals surface area contributed by atoms with Gasteiger partial charge < -0.3 is 10.2 Å². The van der Waals surface area contributed by atoms with Crippen LogP contribution in [0.3, 0.4) is 0 Å². The van der Waals surface area contributed by atoms with Crippen molar-refractivity contribution in [2.45, 2.75) is 70.8 Å². The number of hydrogen-bond acceptors (Lipinski definition) is 4. The van der Waals surface area contributed by atoms with Crippen molar-refractivity contribution in [2.24, 2.45) is 5.92 Å². The van der Waals surface area contributed by atoms with E-state index in [2.05, 4.69) is 20.2 Å². The Morgan fingerprint density at radius 2 is 1.88 bits per heavy atom. The molecule has 24 heavy (non-hydrogen) atoms. The van der Waals surface area contributed by atoms with E-state index in [4.69, 9.17) is 0 Å². The molecule has 2 heterocycles. The number of rotatable bonds is 3. The molecule has 1 aromatic rings. The monoisotopic (exact) mass is 328 g/mol.